The van der Waals surface area contributed by atoms with Crippen molar-refractivity contribution < 1.29 is 4.79 Å². The third-order valence-corrected chi connectivity index (χ3v) is 7.47. The van der Waals surface area contributed by atoms with Gasteiger partial charge in [-0.3, -0.25) is 14.2 Å². The van der Waals surface area contributed by atoms with Gasteiger partial charge in [-0.05, 0) is 63.1 Å². The van der Waals surface area contributed by atoms with Crippen molar-refractivity contribution in [2.75, 3.05) is 38.0 Å². The number of carbonyl (C=O) groups excluding carboxylic acids is 1. The lowest BCUT2D eigenvalue weighted by atomic mass is 9.72. The first-order valence-corrected chi connectivity index (χ1v) is 12.3. The minimum absolute atomic E-state index is 0.195. The zero-order chi connectivity index (χ0) is 22.8. The van der Waals surface area contributed by atoms with Crippen LogP contribution in [0.15, 0.2) is 46.2 Å². The minimum Gasteiger partial charge on any atom is -0.323 e. The maximum atomic E-state index is 12.5. The number of aryl methyl sites for hydroxylation is 1. The van der Waals surface area contributed by atoms with Crippen LogP contribution >= 0.6 is 11.8 Å². The molecule has 1 aliphatic carbocycles. The van der Waals surface area contributed by atoms with Crippen LogP contribution in [-0.2, 0) is 11.2 Å². The summed E-state index contributed by atoms with van der Waals surface area (Å²) in [6.45, 7) is 6.42. The highest BCUT2D eigenvalue weighted by Gasteiger charge is 2.47. The second-order valence-corrected chi connectivity index (χ2v) is 9.84. The molecule has 174 valence electrons. The Balaban J connectivity index is 1.33. The van der Waals surface area contributed by atoms with Gasteiger partial charge in [0, 0.05) is 49.6 Å². The second-order valence-electron chi connectivity index (χ2n) is 9.44. The molecule has 3 aliphatic heterocycles. The number of Topliss-reactive ketones (excluding diaryl/α,β-unsaturated/α-hetero) is 1. The van der Waals surface area contributed by atoms with Crippen molar-refractivity contribution in [1.29, 1.82) is 0 Å². The van der Waals surface area contributed by atoms with E-state index in [-0.39, 0.29) is 5.78 Å². The zero-order valence-corrected chi connectivity index (χ0v) is 19.9. The number of aromatic nitrogens is 1. The highest BCUT2D eigenvalue weighted by Crippen LogP contribution is 2.43. The highest BCUT2D eigenvalue weighted by molar-refractivity contribution is 6.18. The minimum atomic E-state index is -0.571. The van der Waals surface area contributed by atoms with Crippen molar-refractivity contribution in [1.82, 2.24) is 14.3 Å². The molecule has 1 aromatic rings. The number of allylic oxidation sites excluding steroid dienone is 3. The van der Waals surface area contributed by atoms with E-state index in [1.165, 1.54) is 37.9 Å². The van der Waals surface area contributed by atoms with Crippen LogP contribution in [0.5, 0.6) is 0 Å². The Morgan fingerprint density at radius 2 is 2.06 bits per heavy atom. The van der Waals surface area contributed by atoms with Gasteiger partial charge >= 0.3 is 0 Å². The number of piperidine rings is 1. The highest BCUT2D eigenvalue weighted by atomic mass is 35.5. The fraction of sp³-hybridized carbons (Fsp3) is 0.520. The Morgan fingerprint density at radius 1 is 1.21 bits per heavy atom. The number of nitrogens with one attached hydrogen (secondary N) is 1. The molecule has 1 unspecified atom stereocenters. The van der Waals surface area contributed by atoms with Crippen LogP contribution in [0.2, 0.25) is 0 Å². The molecule has 0 aromatic carbocycles. The van der Waals surface area contributed by atoms with Crippen molar-refractivity contribution in [3.8, 4) is 0 Å². The van der Waals surface area contributed by atoms with Crippen LogP contribution in [0.4, 0.5) is 5.69 Å². The molecule has 2 saturated heterocycles. The van der Waals surface area contributed by atoms with E-state index in [9.17, 15) is 4.79 Å². The number of guanidine groups is 1. The second kappa shape index (κ2) is 9.39. The molecule has 1 spiro atoms. The van der Waals surface area contributed by atoms with Crippen LogP contribution in [0.1, 0.15) is 43.4 Å². The largest absolute Gasteiger partial charge is 0.323 e. The third kappa shape index (κ3) is 4.62. The van der Waals surface area contributed by atoms with Crippen molar-refractivity contribution >= 4 is 34.9 Å². The van der Waals surface area contributed by atoms with E-state index in [1.807, 2.05) is 31.3 Å². The SMILES string of the molecule is Cc1ncc(CCN2CCCCC2)cc1NC1=NCC23CC(=O)CCN(Cl)C2=CC=CC3=N1. The molecule has 2 fully saturated rings. The zero-order valence-electron chi connectivity index (χ0n) is 19.2. The van der Waals surface area contributed by atoms with Crippen LogP contribution < -0.4 is 5.32 Å². The van der Waals surface area contributed by atoms with Gasteiger partial charge < -0.3 is 10.2 Å². The average Bonchev–Trinajstić information content (AvgIpc) is 2.95. The van der Waals surface area contributed by atoms with Crippen molar-refractivity contribution in [3.63, 3.8) is 0 Å². The predicted octanol–water partition coefficient (Wildman–Crippen LogP) is 3.90. The lowest BCUT2D eigenvalue weighted by molar-refractivity contribution is -0.119. The number of hydrogen-bond donors (Lipinski definition) is 1. The first kappa shape index (κ1) is 22.3. The molecule has 4 heterocycles. The number of aliphatic imine (C=N–C) groups is 2. The molecule has 0 amide bonds. The van der Waals surface area contributed by atoms with Crippen molar-refractivity contribution in [2.24, 2.45) is 15.4 Å². The average molecular weight is 467 g/mol. The van der Waals surface area contributed by atoms with Gasteiger partial charge in [-0.25, -0.2) is 9.98 Å². The third-order valence-electron chi connectivity index (χ3n) is 7.12. The van der Waals surface area contributed by atoms with Crippen molar-refractivity contribution in [2.45, 2.75) is 45.4 Å². The summed E-state index contributed by atoms with van der Waals surface area (Å²) in [5.74, 6) is 0.748. The number of ketones is 1. The summed E-state index contributed by atoms with van der Waals surface area (Å²) in [7, 11) is 0. The number of pyridine rings is 1. The molecule has 4 aliphatic rings. The van der Waals surface area contributed by atoms with Gasteiger partial charge in [0.05, 0.1) is 29.1 Å². The van der Waals surface area contributed by atoms with Gasteiger partial charge in [-0.15, -0.1) is 0 Å². The number of likely N-dealkylation sites (tertiary alicyclic amines) is 1. The number of hydrogen-bond acceptors (Lipinski definition) is 7. The first-order valence-electron chi connectivity index (χ1n) is 12.0. The summed E-state index contributed by atoms with van der Waals surface area (Å²) in [5, 5.41) is 3.39. The van der Waals surface area contributed by atoms with E-state index in [0.29, 0.717) is 31.9 Å². The van der Waals surface area contributed by atoms with Gasteiger partial charge in [0.25, 0.3) is 0 Å². The fourth-order valence-electron chi connectivity index (χ4n) is 5.16. The van der Waals surface area contributed by atoms with E-state index >= 15 is 0 Å². The van der Waals surface area contributed by atoms with Gasteiger partial charge in [-0.2, -0.15) is 0 Å². The predicted molar refractivity (Wildman–Crippen MR) is 133 cm³/mol. The Kier molecular flexibility index (Phi) is 6.34. The molecule has 0 saturated carbocycles. The van der Waals surface area contributed by atoms with E-state index in [1.54, 1.807) is 4.42 Å². The lowest BCUT2D eigenvalue weighted by Gasteiger charge is -2.39. The number of anilines is 1. The number of halogens is 1. The van der Waals surface area contributed by atoms with Gasteiger partial charge in [0.2, 0.25) is 5.96 Å². The van der Waals surface area contributed by atoms with E-state index in [4.69, 9.17) is 21.8 Å². The van der Waals surface area contributed by atoms with Crippen LogP contribution in [-0.4, -0.2) is 64.5 Å². The lowest BCUT2D eigenvalue weighted by Crippen LogP contribution is -2.44. The molecule has 1 aromatic heterocycles. The molecular formula is C25H31ClN6O. The molecule has 0 radical (unpaired) electrons. The van der Waals surface area contributed by atoms with Gasteiger partial charge in [0.1, 0.15) is 5.78 Å². The Hall–Kier alpha value is -2.51. The monoisotopic (exact) mass is 466 g/mol. The van der Waals surface area contributed by atoms with Crippen LogP contribution in [0.25, 0.3) is 0 Å². The van der Waals surface area contributed by atoms with E-state index in [2.05, 4.69) is 21.3 Å². The van der Waals surface area contributed by atoms with Crippen LogP contribution in [0, 0.1) is 12.3 Å². The standard InChI is InChI=1S/C25H31ClN6O/c1-18-21(14-19(16-27-18)8-12-31-10-3-2-4-11-31)29-24-28-17-25-15-20(33)9-13-32(26)23(25)7-5-6-22(25)30-24/h5-7,14,16H,2-4,8-13,15,17H2,1H3,(H,28,29). The summed E-state index contributed by atoms with van der Waals surface area (Å²) >= 11 is 6.51. The summed E-state index contributed by atoms with van der Waals surface area (Å²) in [5.41, 5.74) is 4.23. The molecular weight excluding hydrogens is 436 g/mol. The van der Waals surface area contributed by atoms with E-state index in [0.717, 1.165) is 35.8 Å². The molecule has 7 nitrogen and oxygen atoms in total. The van der Waals surface area contributed by atoms with Crippen LogP contribution in [0.3, 0.4) is 0 Å². The first-order chi connectivity index (χ1) is 16.0. The van der Waals surface area contributed by atoms with Crippen molar-refractivity contribution in [3.05, 3.63) is 47.4 Å². The molecule has 33 heavy (non-hydrogen) atoms. The van der Waals surface area contributed by atoms with Gasteiger partial charge in [-0.1, -0.05) is 12.5 Å². The number of rotatable bonds is 4. The topological polar surface area (TPSA) is 73.2 Å². The smallest absolute Gasteiger partial charge is 0.222 e. The fourth-order valence-corrected chi connectivity index (χ4v) is 5.47. The summed E-state index contributed by atoms with van der Waals surface area (Å²) in [6.07, 6.45) is 13.7. The molecule has 5 rings (SSSR count). The molecule has 8 heteroatoms. The number of carbonyl (C=O) groups is 1. The maximum absolute atomic E-state index is 12.5. The molecule has 1 atom stereocenters. The molecule has 1 N–H and O–H groups in total. The molecule has 0 bridgehead atoms. The normalized spacial score (nSPS) is 25.5. The summed E-state index contributed by atoms with van der Waals surface area (Å²) < 4.78 is 1.66. The maximum Gasteiger partial charge on any atom is 0.222 e. The Labute approximate surface area is 200 Å². The van der Waals surface area contributed by atoms with E-state index < -0.39 is 5.41 Å². The Morgan fingerprint density at radius 3 is 2.91 bits per heavy atom. The summed E-state index contributed by atoms with van der Waals surface area (Å²) in [6, 6.07) is 2.16. The summed E-state index contributed by atoms with van der Waals surface area (Å²) in [4.78, 5) is 29.2. The Bertz CT molecular complexity index is 1050. The quantitative estimate of drug-likeness (QED) is 0.681. The number of nitrogens with zero attached hydrogens (tertiary/aromatic N) is 5. The van der Waals surface area contributed by atoms with Gasteiger partial charge in [0.15, 0.2) is 0 Å².